The van der Waals surface area contributed by atoms with Crippen molar-refractivity contribution in [2.45, 2.75) is 38.8 Å². The molecule has 0 bridgehead atoms. The molecular weight excluding hydrogens is 243 g/mol. The minimum atomic E-state index is -0.860. The van der Waals surface area contributed by atoms with Crippen LogP contribution in [-0.2, 0) is 6.42 Å². The van der Waals surface area contributed by atoms with Crippen molar-refractivity contribution >= 4 is 0 Å². The molecule has 0 aliphatic rings. The number of benzene rings is 1. The molecule has 1 aromatic heterocycles. The summed E-state index contributed by atoms with van der Waals surface area (Å²) in [6.45, 7) is 4.18. The number of hydrogen-bond acceptors (Lipinski definition) is 2. The third-order valence-corrected chi connectivity index (χ3v) is 3.37. The first-order valence-corrected chi connectivity index (χ1v) is 6.58. The smallest absolute Gasteiger partial charge is 0.129 e. The summed E-state index contributed by atoms with van der Waals surface area (Å²) in [7, 11) is 0. The van der Waals surface area contributed by atoms with E-state index in [2.05, 4.69) is 18.9 Å². The number of rotatable bonds is 5. The Morgan fingerprint density at radius 3 is 2.74 bits per heavy atom. The standard InChI is InChI=1S/C15H19FN2O/c1-3-11(2)18-9-8-12(17-18)10-15(19)13-6-4-5-7-14(13)16/h4-9,11,15,19H,3,10H2,1-2H3. The lowest BCUT2D eigenvalue weighted by Crippen LogP contribution is -2.07. The zero-order valence-corrected chi connectivity index (χ0v) is 11.3. The van der Waals surface area contributed by atoms with E-state index >= 15 is 0 Å². The molecule has 1 heterocycles. The number of nitrogens with zero attached hydrogens (tertiary/aromatic N) is 2. The van der Waals surface area contributed by atoms with Gasteiger partial charge in [0.15, 0.2) is 0 Å². The van der Waals surface area contributed by atoms with Crippen molar-refractivity contribution in [3.8, 4) is 0 Å². The molecule has 0 saturated heterocycles. The summed E-state index contributed by atoms with van der Waals surface area (Å²) in [6, 6.07) is 8.50. The van der Waals surface area contributed by atoms with Crippen molar-refractivity contribution in [1.29, 1.82) is 0 Å². The molecule has 2 rings (SSSR count). The van der Waals surface area contributed by atoms with Crippen LogP contribution in [0.1, 0.15) is 43.7 Å². The molecule has 0 aliphatic carbocycles. The minimum Gasteiger partial charge on any atom is -0.388 e. The fourth-order valence-electron chi connectivity index (χ4n) is 1.97. The molecule has 4 heteroatoms. The second-order valence-electron chi connectivity index (χ2n) is 4.79. The van der Waals surface area contributed by atoms with Gasteiger partial charge in [0.25, 0.3) is 0 Å². The molecule has 102 valence electrons. The van der Waals surface area contributed by atoms with E-state index in [4.69, 9.17) is 0 Å². The van der Waals surface area contributed by atoms with E-state index in [1.54, 1.807) is 18.2 Å². The Balaban J connectivity index is 2.09. The van der Waals surface area contributed by atoms with E-state index in [9.17, 15) is 9.50 Å². The van der Waals surface area contributed by atoms with Crippen molar-refractivity contribution < 1.29 is 9.50 Å². The Morgan fingerprint density at radius 1 is 1.32 bits per heavy atom. The summed E-state index contributed by atoms with van der Waals surface area (Å²) >= 11 is 0. The molecule has 0 spiro atoms. The summed E-state index contributed by atoms with van der Waals surface area (Å²) in [6.07, 6.45) is 2.36. The summed E-state index contributed by atoms with van der Waals surface area (Å²) in [4.78, 5) is 0. The molecule has 1 aromatic carbocycles. The summed E-state index contributed by atoms with van der Waals surface area (Å²) < 4.78 is 15.4. The molecule has 19 heavy (non-hydrogen) atoms. The fourth-order valence-corrected chi connectivity index (χ4v) is 1.97. The van der Waals surface area contributed by atoms with Crippen LogP contribution in [-0.4, -0.2) is 14.9 Å². The summed E-state index contributed by atoms with van der Waals surface area (Å²) in [5.41, 5.74) is 1.09. The lowest BCUT2D eigenvalue weighted by atomic mass is 10.0. The van der Waals surface area contributed by atoms with Gasteiger partial charge in [0, 0.05) is 24.2 Å². The topological polar surface area (TPSA) is 38.0 Å². The van der Waals surface area contributed by atoms with Crippen LogP contribution in [0.4, 0.5) is 4.39 Å². The van der Waals surface area contributed by atoms with Crippen LogP contribution in [0.2, 0.25) is 0 Å². The van der Waals surface area contributed by atoms with E-state index in [0.29, 0.717) is 18.0 Å². The van der Waals surface area contributed by atoms with Gasteiger partial charge in [-0.3, -0.25) is 4.68 Å². The number of aliphatic hydroxyl groups is 1. The lowest BCUT2D eigenvalue weighted by molar-refractivity contribution is 0.172. The van der Waals surface area contributed by atoms with Crippen molar-refractivity contribution in [2.24, 2.45) is 0 Å². The summed E-state index contributed by atoms with van der Waals surface area (Å²) in [5, 5.41) is 14.5. The van der Waals surface area contributed by atoms with Gasteiger partial charge in [0.05, 0.1) is 11.8 Å². The van der Waals surface area contributed by atoms with Gasteiger partial charge in [-0.1, -0.05) is 25.1 Å². The zero-order valence-electron chi connectivity index (χ0n) is 11.3. The monoisotopic (exact) mass is 262 g/mol. The van der Waals surface area contributed by atoms with Crippen LogP contribution in [0.25, 0.3) is 0 Å². The predicted octanol–water partition coefficient (Wildman–Crippen LogP) is 3.27. The first-order chi connectivity index (χ1) is 9.11. The van der Waals surface area contributed by atoms with Gasteiger partial charge in [-0.25, -0.2) is 4.39 Å². The van der Waals surface area contributed by atoms with Crippen LogP contribution < -0.4 is 0 Å². The molecule has 0 radical (unpaired) electrons. The van der Waals surface area contributed by atoms with Gasteiger partial charge >= 0.3 is 0 Å². The van der Waals surface area contributed by atoms with Gasteiger partial charge in [-0.05, 0) is 25.5 Å². The van der Waals surface area contributed by atoms with Gasteiger partial charge in [-0.2, -0.15) is 5.10 Å². The maximum absolute atomic E-state index is 13.5. The fraction of sp³-hybridized carbons (Fsp3) is 0.400. The highest BCUT2D eigenvalue weighted by Crippen LogP contribution is 2.20. The first kappa shape index (κ1) is 13.7. The number of halogens is 1. The van der Waals surface area contributed by atoms with Crippen LogP contribution in [0, 0.1) is 5.82 Å². The van der Waals surface area contributed by atoms with E-state index in [-0.39, 0.29) is 5.82 Å². The molecule has 0 aliphatic heterocycles. The normalized spacial score (nSPS) is 14.3. The SMILES string of the molecule is CCC(C)n1ccc(CC(O)c2ccccc2F)n1. The number of aliphatic hydroxyl groups excluding tert-OH is 1. The Hall–Kier alpha value is -1.68. The Kier molecular flexibility index (Phi) is 4.32. The highest BCUT2D eigenvalue weighted by molar-refractivity contribution is 5.21. The van der Waals surface area contributed by atoms with Crippen LogP contribution in [0.5, 0.6) is 0 Å². The first-order valence-electron chi connectivity index (χ1n) is 6.58. The van der Waals surface area contributed by atoms with Gasteiger partial charge in [0.2, 0.25) is 0 Å². The molecule has 0 amide bonds. The number of hydrogen-bond donors (Lipinski definition) is 1. The Bertz CT molecular complexity index is 538. The third-order valence-electron chi connectivity index (χ3n) is 3.37. The maximum atomic E-state index is 13.5. The Labute approximate surface area is 112 Å². The zero-order chi connectivity index (χ0) is 13.8. The van der Waals surface area contributed by atoms with E-state index in [1.165, 1.54) is 6.07 Å². The largest absolute Gasteiger partial charge is 0.388 e. The van der Waals surface area contributed by atoms with Crippen molar-refractivity contribution in [3.63, 3.8) is 0 Å². The van der Waals surface area contributed by atoms with Gasteiger partial charge in [0.1, 0.15) is 5.82 Å². The third kappa shape index (κ3) is 3.20. The van der Waals surface area contributed by atoms with Gasteiger partial charge in [-0.15, -0.1) is 0 Å². The second kappa shape index (κ2) is 5.97. The highest BCUT2D eigenvalue weighted by Gasteiger charge is 2.14. The summed E-state index contributed by atoms with van der Waals surface area (Å²) in [5.74, 6) is -0.378. The Morgan fingerprint density at radius 2 is 2.05 bits per heavy atom. The quantitative estimate of drug-likeness (QED) is 0.898. The molecule has 3 nitrogen and oxygen atoms in total. The van der Waals surface area contributed by atoms with Crippen LogP contribution in [0.3, 0.4) is 0 Å². The minimum absolute atomic E-state index is 0.320. The van der Waals surface area contributed by atoms with Gasteiger partial charge < -0.3 is 5.11 Å². The molecule has 2 aromatic rings. The number of aromatic nitrogens is 2. The molecule has 0 fully saturated rings. The van der Waals surface area contributed by atoms with Crippen molar-refractivity contribution in [1.82, 2.24) is 9.78 Å². The molecular formula is C15H19FN2O. The molecule has 2 unspecified atom stereocenters. The lowest BCUT2D eigenvalue weighted by Gasteiger charge is -2.11. The average molecular weight is 262 g/mol. The van der Waals surface area contributed by atoms with Crippen LogP contribution >= 0.6 is 0 Å². The van der Waals surface area contributed by atoms with Crippen molar-refractivity contribution in [2.75, 3.05) is 0 Å². The molecule has 1 N–H and O–H groups in total. The predicted molar refractivity (Wildman–Crippen MR) is 72.3 cm³/mol. The molecule has 2 atom stereocenters. The van der Waals surface area contributed by atoms with Crippen LogP contribution in [0.15, 0.2) is 36.5 Å². The van der Waals surface area contributed by atoms with Crippen molar-refractivity contribution in [3.05, 3.63) is 53.6 Å². The molecule has 0 saturated carbocycles. The van der Waals surface area contributed by atoms with E-state index in [0.717, 1.165) is 12.1 Å². The maximum Gasteiger partial charge on any atom is 0.129 e. The average Bonchev–Trinajstić information content (AvgIpc) is 2.86. The second-order valence-corrected chi connectivity index (χ2v) is 4.79. The van der Waals surface area contributed by atoms with E-state index in [1.807, 2.05) is 16.9 Å². The highest BCUT2D eigenvalue weighted by atomic mass is 19.1. The van der Waals surface area contributed by atoms with E-state index < -0.39 is 6.10 Å².